The van der Waals surface area contributed by atoms with Gasteiger partial charge < -0.3 is 9.47 Å². The molecule has 1 saturated carbocycles. The highest BCUT2D eigenvalue weighted by molar-refractivity contribution is 6.76. The minimum absolute atomic E-state index is 0.181. The smallest absolute Gasteiger partial charge is 0.161 e. The van der Waals surface area contributed by atoms with Gasteiger partial charge in [-0.3, -0.25) is 14.0 Å². The van der Waals surface area contributed by atoms with Crippen molar-refractivity contribution in [3.05, 3.63) is 35.0 Å². The molecule has 0 aliphatic heterocycles. The Hall–Kier alpha value is -2.29. The van der Waals surface area contributed by atoms with Gasteiger partial charge in [-0.15, -0.1) is 0 Å². The molecule has 8 heteroatoms. The molecule has 196 valence electrons. The van der Waals surface area contributed by atoms with E-state index in [0.717, 1.165) is 58.4 Å². The topological polar surface area (TPSA) is 71.2 Å². The number of carbonyl (C=O) groups excluding carboxylic acids is 1. The lowest BCUT2D eigenvalue weighted by Crippen LogP contribution is -2.25. The predicted octanol–water partition coefficient (Wildman–Crippen LogP) is 6.26. The number of carbonyl (C=O) groups is 1. The fourth-order valence-corrected chi connectivity index (χ4v) is 5.75. The molecule has 3 aromatic rings. The number of Topliss-reactive ketones (excluding diaryl/α,β-unsaturated/α-hetero) is 1. The SMILES string of the molecule is COCc1cc(C)c2c(c1)nc(-c1cc(C3CCC(=O)C3)nn1C(C)(C)C)n2COCC[Si](C)(C)C. The number of methoxy groups -OCH3 is 1. The predicted molar refractivity (Wildman–Crippen MR) is 147 cm³/mol. The molecule has 1 aliphatic rings. The van der Waals surface area contributed by atoms with Gasteiger partial charge in [0.05, 0.1) is 28.9 Å². The first-order valence-corrected chi connectivity index (χ1v) is 16.8. The first-order valence-electron chi connectivity index (χ1n) is 13.1. The minimum atomic E-state index is -1.19. The lowest BCUT2D eigenvalue weighted by molar-refractivity contribution is -0.117. The molecule has 1 atom stereocenters. The minimum Gasteiger partial charge on any atom is -0.380 e. The summed E-state index contributed by atoms with van der Waals surface area (Å²) in [6.45, 7) is 17.4. The number of nitrogens with zero attached hydrogens (tertiary/aromatic N) is 4. The first kappa shape index (κ1) is 26.8. The second-order valence-electron chi connectivity index (χ2n) is 12.4. The molecule has 7 nitrogen and oxygen atoms in total. The van der Waals surface area contributed by atoms with E-state index in [4.69, 9.17) is 19.6 Å². The van der Waals surface area contributed by atoms with Gasteiger partial charge in [-0.25, -0.2) is 4.98 Å². The van der Waals surface area contributed by atoms with Crippen molar-refractivity contribution in [3.8, 4) is 11.5 Å². The summed E-state index contributed by atoms with van der Waals surface area (Å²) in [5.41, 5.74) is 5.98. The van der Waals surface area contributed by atoms with Crippen molar-refractivity contribution in [3.63, 3.8) is 0 Å². The van der Waals surface area contributed by atoms with Gasteiger partial charge in [0.15, 0.2) is 5.82 Å². The lowest BCUT2D eigenvalue weighted by atomic mass is 10.0. The van der Waals surface area contributed by atoms with Crippen molar-refractivity contribution in [1.29, 1.82) is 0 Å². The Labute approximate surface area is 216 Å². The summed E-state index contributed by atoms with van der Waals surface area (Å²) in [4.78, 5) is 17.2. The Kier molecular flexibility index (Phi) is 7.60. The quantitative estimate of drug-likeness (QED) is 0.251. The maximum atomic E-state index is 12.0. The zero-order valence-corrected chi connectivity index (χ0v) is 24.3. The van der Waals surface area contributed by atoms with Gasteiger partial charge in [0, 0.05) is 40.6 Å². The van der Waals surface area contributed by atoms with Gasteiger partial charge >= 0.3 is 0 Å². The maximum absolute atomic E-state index is 12.0. The molecule has 0 spiro atoms. The molecule has 0 amide bonds. The van der Waals surface area contributed by atoms with Crippen molar-refractivity contribution >= 4 is 24.9 Å². The van der Waals surface area contributed by atoms with Gasteiger partial charge in [-0.05, 0) is 63.4 Å². The van der Waals surface area contributed by atoms with Crippen LogP contribution in [-0.4, -0.2) is 46.9 Å². The van der Waals surface area contributed by atoms with Crippen molar-refractivity contribution < 1.29 is 14.3 Å². The van der Waals surface area contributed by atoms with Gasteiger partial charge in [-0.2, -0.15) is 5.10 Å². The van der Waals surface area contributed by atoms with Gasteiger partial charge in [-0.1, -0.05) is 25.7 Å². The average molecular weight is 511 g/mol. The van der Waals surface area contributed by atoms with Crippen LogP contribution >= 0.6 is 0 Å². The number of rotatable bonds is 9. The molecular formula is C28H42N4O3Si. The molecule has 1 fully saturated rings. The summed E-state index contributed by atoms with van der Waals surface area (Å²) >= 11 is 0. The number of benzene rings is 1. The number of imidazole rings is 1. The van der Waals surface area contributed by atoms with E-state index in [1.165, 1.54) is 0 Å². The van der Waals surface area contributed by atoms with Gasteiger partial charge in [0.25, 0.3) is 0 Å². The Bertz CT molecular complexity index is 1250. The highest BCUT2D eigenvalue weighted by atomic mass is 28.3. The highest BCUT2D eigenvalue weighted by Crippen LogP contribution is 2.37. The van der Waals surface area contributed by atoms with E-state index >= 15 is 0 Å². The molecule has 36 heavy (non-hydrogen) atoms. The summed E-state index contributed by atoms with van der Waals surface area (Å²) in [5.74, 6) is 1.37. The van der Waals surface area contributed by atoms with Crippen LogP contribution in [0.3, 0.4) is 0 Å². The number of ketones is 1. The van der Waals surface area contributed by atoms with E-state index in [0.29, 0.717) is 32.0 Å². The van der Waals surface area contributed by atoms with E-state index in [1.54, 1.807) is 7.11 Å². The van der Waals surface area contributed by atoms with Crippen LogP contribution in [0.15, 0.2) is 18.2 Å². The highest BCUT2D eigenvalue weighted by Gasteiger charge is 2.31. The van der Waals surface area contributed by atoms with E-state index < -0.39 is 8.07 Å². The Morgan fingerprint density at radius 2 is 1.92 bits per heavy atom. The summed E-state index contributed by atoms with van der Waals surface area (Å²) in [6.07, 6.45) is 2.10. The lowest BCUT2D eigenvalue weighted by Gasteiger charge is -2.23. The second-order valence-corrected chi connectivity index (χ2v) is 18.1. The third-order valence-electron chi connectivity index (χ3n) is 6.88. The van der Waals surface area contributed by atoms with Crippen LogP contribution in [0.5, 0.6) is 0 Å². The van der Waals surface area contributed by atoms with Crippen LogP contribution in [0.25, 0.3) is 22.6 Å². The van der Waals surface area contributed by atoms with Crippen LogP contribution in [0.2, 0.25) is 25.7 Å². The van der Waals surface area contributed by atoms with Crippen molar-refractivity contribution in [2.45, 2.75) is 97.4 Å². The fraction of sp³-hybridized carbons (Fsp3) is 0.607. The van der Waals surface area contributed by atoms with Crippen molar-refractivity contribution in [2.75, 3.05) is 13.7 Å². The largest absolute Gasteiger partial charge is 0.380 e. The molecule has 0 saturated heterocycles. The number of ether oxygens (including phenoxy) is 2. The fourth-order valence-electron chi connectivity index (χ4n) is 4.99. The average Bonchev–Trinajstić information content (AvgIpc) is 3.46. The third kappa shape index (κ3) is 5.81. The van der Waals surface area contributed by atoms with E-state index in [-0.39, 0.29) is 11.5 Å². The molecule has 1 aliphatic carbocycles. The standard InChI is InChI=1S/C28H42N4O3Si/c1-19-13-20(17-34-5)14-24-26(19)31(18-35-11-12-36(6,7)8)27(29-24)25-16-23(21-9-10-22(33)15-21)30-32(25)28(2,3)4/h13-14,16,21H,9-12,15,17-18H2,1-8H3. The molecule has 2 heterocycles. The van der Waals surface area contributed by atoms with E-state index in [1.807, 2.05) is 0 Å². The van der Waals surface area contributed by atoms with E-state index in [9.17, 15) is 4.79 Å². The van der Waals surface area contributed by atoms with Gasteiger partial charge in [0.2, 0.25) is 0 Å². The molecule has 2 aromatic heterocycles. The molecule has 1 unspecified atom stereocenters. The zero-order chi connectivity index (χ0) is 26.3. The number of fused-ring (bicyclic) bond motifs is 1. The second kappa shape index (κ2) is 10.2. The Balaban J connectivity index is 1.83. The Morgan fingerprint density at radius 3 is 2.53 bits per heavy atom. The number of aromatic nitrogens is 4. The summed E-state index contributed by atoms with van der Waals surface area (Å²) < 4.78 is 15.9. The summed E-state index contributed by atoms with van der Waals surface area (Å²) in [5, 5.41) is 5.04. The molecular weight excluding hydrogens is 468 g/mol. The molecule has 1 aromatic carbocycles. The first-order chi connectivity index (χ1) is 16.9. The van der Waals surface area contributed by atoms with Crippen LogP contribution < -0.4 is 0 Å². The van der Waals surface area contributed by atoms with Crippen LogP contribution in [0, 0.1) is 6.92 Å². The monoisotopic (exact) mass is 510 g/mol. The number of hydrogen-bond acceptors (Lipinski definition) is 5. The third-order valence-corrected chi connectivity index (χ3v) is 8.58. The molecule has 0 radical (unpaired) electrons. The van der Waals surface area contributed by atoms with Crippen molar-refractivity contribution in [1.82, 2.24) is 19.3 Å². The van der Waals surface area contributed by atoms with Crippen LogP contribution in [0.1, 0.15) is 62.8 Å². The van der Waals surface area contributed by atoms with Crippen LogP contribution in [0.4, 0.5) is 0 Å². The Morgan fingerprint density at radius 1 is 1.17 bits per heavy atom. The van der Waals surface area contributed by atoms with E-state index in [2.05, 4.69) is 74.8 Å². The summed E-state index contributed by atoms with van der Waals surface area (Å²) in [7, 11) is 0.521. The molecule has 0 N–H and O–H groups in total. The molecule has 4 rings (SSSR count). The number of aryl methyl sites for hydroxylation is 1. The zero-order valence-electron chi connectivity index (χ0n) is 23.3. The normalized spacial score (nSPS) is 17.0. The number of hydrogen-bond donors (Lipinski definition) is 0. The van der Waals surface area contributed by atoms with Crippen LogP contribution in [-0.2, 0) is 33.1 Å². The van der Waals surface area contributed by atoms with Crippen molar-refractivity contribution in [2.24, 2.45) is 0 Å². The maximum Gasteiger partial charge on any atom is 0.161 e. The van der Waals surface area contributed by atoms with Gasteiger partial charge in [0.1, 0.15) is 18.2 Å². The molecule has 0 bridgehead atoms. The summed E-state index contributed by atoms with van der Waals surface area (Å²) in [6, 6.07) is 7.56.